The first-order chi connectivity index (χ1) is 9.75. The topological polar surface area (TPSA) is 54.4 Å². The zero-order valence-electron chi connectivity index (χ0n) is 12.3. The van der Waals surface area contributed by atoms with Gasteiger partial charge in [0.25, 0.3) is 0 Å². The number of nitrogens with one attached hydrogen (secondary N) is 1. The number of aliphatic hydroxyl groups excluding tert-OH is 1. The van der Waals surface area contributed by atoms with Crippen molar-refractivity contribution in [3.05, 3.63) is 30.1 Å². The third kappa shape index (κ3) is 5.19. The summed E-state index contributed by atoms with van der Waals surface area (Å²) in [5.41, 5.74) is 1.18. The zero-order chi connectivity index (χ0) is 14.2. The molecule has 0 aromatic carbocycles. The van der Waals surface area contributed by atoms with E-state index in [1.165, 1.54) is 24.8 Å². The van der Waals surface area contributed by atoms with Crippen LogP contribution in [0, 0.1) is 0 Å². The number of aliphatic hydroxyl groups is 1. The van der Waals surface area contributed by atoms with Crippen molar-refractivity contribution in [1.82, 2.24) is 10.3 Å². The standard InChI is InChI=1S/C16H26N2O2/c1-13(14-7-9-17-10-8-14)18-11-15(19)12-20-16-5-3-2-4-6-16/h7-10,13,15-16,18-19H,2-6,11-12H2,1H3. The molecule has 0 amide bonds. The van der Waals surface area contributed by atoms with Crippen molar-refractivity contribution >= 4 is 0 Å². The van der Waals surface area contributed by atoms with Crippen molar-refractivity contribution in [3.63, 3.8) is 0 Å². The Bertz CT molecular complexity index is 366. The van der Waals surface area contributed by atoms with Crippen LogP contribution in [-0.4, -0.2) is 35.5 Å². The van der Waals surface area contributed by atoms with Gasteiger partial charge in [-0.3, -0.25) is 4.98 Å². The Morgan fingerprint density at radius 2 is 2.00 bits per heavy atom. The fraction of sp³-hybridized carbons (Fsp3) is 0.688. The van der Waals surface area contributed by atoms with Crippen molar-refractivity contribution in [1.29, 1.82) is 0 Å². The second kappa shape index (κ2) is 8.35. The summed E-state index contributed by atoms with van der Waals surface area (Å²) in [6.07, 6.45) is 9.63. The number of pyridine rings is 1. The van der Waals surface area contributed by atoms with Gasteiger partial charge in [-0.2, -0.15) is 0 Å². The quantitative estimate of drug-likeness (QED) is 0.804. The SMILES string of the molecule is CC(NCC(O)COC1CCCCC1)c1ccncc1. The van der Waals surface area contributed by atoms with Crippen LogP contribution in [0.3, 0.4) is 0 Å². The molecule has 2 unspecified atom stereocenters. The lowest BCUT2D eigenvalue weighted by molar-refractivity contribution is -0.0235. The summed E-state index contributed by atoms with van der Waals surface area (Å²) in [5, 5.41) is 13.3. The Morgan fingerprint density at radius 1 is 1.30 bits per heavy atom. The molecule has 0 bridgehead atoms. The summed E-state index contributed by atoms with van der Waals surface area (Å²) >= 11 is 0. The van der Waals surface area contributed by atoms with E-state index in [0.717, 1.165) is 12.8 Å². The molecule has 20 heavy (non-hydrogen) atoms. The molecule has 4 heteroatoms. The van der Waals surface area contributed by atoms with Crippen LogP contribution < -0.4 is 5.32 Å². The van der Waals surface area contributed by atoms with Crippen LogP contribution >= 0.6 is 0 Å². The van der Waals surface area contributed by atoms with Crippen LogP contribution in [0.1, 0.15) is 50.6 Å². The van der Waals surface area contributed by atoms with Crippen LogP contribution in [0.25, 0.3) is 0 Å². The summed E-state index contributed by atoms with van der Waals surface area (Å²) in [7, 11) is 0. The fourth-order valence-electron chi connectivity index (χ4n) is 2.62. The molecule has 2 N–H and O–H groups in total. The van der Waals surface area contributed by atoms with E-state index in [2.05, 4.69) is 17.2 Å². The smallest absolute Gasteiger partial charge is 0.0898 e. The van der Waals surface area contributed by atoms with Gasteiger partial charge in [-0.1, -0.05) is 19.3 Å². The zero-order valence-corrected chi connectivity index (χ0v) is 12.3. The molecule has 1 saturated carbocycles. The molecule has 2 atom stereocenters. The maximum Gasteiger partial charge on any atom is 0.0898 e. The highest BCUT2D eigenvalue weighted by molar-refractivity contribution is 5.13. The molecule has 0 spiro atoms. The Balaban J connectivity index is 1.63. The van der Waals surface area contributed by atoms with Crippen molar-refractivity contribution in [2.24, 2.45) is 0 Å². The van der Waals surface area contributed by atoms with Gasteiger partial charge in [-0.25, -0.2) is 0 Å². The second-order valence-electron chi connectivity index (χ2n) is 5.66. The van der Waals surface area contributed by atoms with Crippen LogP contribution in [-0.2, 0) is 4.74 Å². The van der Waals surface area contributed by atoms with Gasteiger partial charge in [0.15, 0.2) is 0 Å². The molecular formula is C16H26N2O2. The largest absolute Gasteiger partial charge is 0.389 e. The molecule has 112 valence electrons. The third-order valence-corrected chi connectivity index (χ3v) is 3.94. The van der Waals surface area contributed by atoms with Gasteiger partial charge in [0.05, 0.1) is 18.8 Å². The summed E-state index contributed by atoms with van der Waals surface area (Å²) in [6.45, 7) is 3.07. The average Bonchev–Trinajstić information content (AvgIpc) is 2.52. The van der Waals surface area contributed by atoms with Crippen molar-refractivity contribution in [3.8, 4) is 0 Å². The lowest BCUT2D eigenvalue weighted by Gasteiger charge is -2.24. The molecule has 1 fully saturated rings. The lowest BCUT2D eigenvalue weighted by Crippen LogP contribution is -2.33. The van der Waals surface area contributed by atoms with Gasteiger partial charge in [-0.15, -0.1) is 0 Å². The van der Waals surface area contributed by atoms with E-state index in [1.807, 2.05) is 12.1 Å². The molecule has 1 aromatic rings. The van der Waals surface area contributed by atoms with Crippen molar-refractivity contribution in [2.75, 3.05) is 13.2 Å². The molecule has 0 aliphatic heterocycles. The van der Waals surface area contributed by atoms with Gasteiger partial charge in [0.2, 0.25) is 0 Å². The van der Waals surface area contributed by atoms with E-state index in [1.54, 1.807) is 12.4 Å². The number of rotatable bonds is 7. The third-order valence-electron chi connectivity index (χ3n) is 3.94. The first-order valence-corrected chi connectivity index (χ1v) is 7.68. The normalized spacial score (nSPS) is 19.7. The van der Waals surface area contributed by atoms with Gasteiger partial charge < -0.3 is 15.2 Å². The molecule has 1 aliphatic carbocycles. The van der Waals surface area contributed by atoms with E-state index in [-0.39, 0.29) is 6.04 Å². The summed E-state index contributed by atoms with van der Waals surface area (Å²) in [6, 6.07) is 4.19. The summed E-state index contributed by atoms with van der Waals surface area (Å²) in [5.74, 6) is 0. The minimum atomic E-state index is -0.443. The van der Waals surface area contributed by atoms with Gasteiger partial charge in [0, 0.05) is 25.0 Å². The number of hydrogen-bond donors (Lipinski definition) is 2. The van der Waals surface area contributed by atoms with Gasteiger partial charge in [0.1, 0.15) is 0 Å². The highest BCUT2D eigenvalue weighted by Crippen LogP contribution is 2.20. The van der Waals surface area contributed by atoms with E-state index < -0.39 is 6.10 Å². The summed E-state index contributed by atoms with van der Waals surface area (Å²) < 4.78 is 5.78. The fourth-order valence-corrected chi connectivity index (χ4v) is 2.62. The number of ether oxygens (including phenoxy) is 1. The van der Waals surface area contributed by atoms with Gasteiger partial charge in [-0.05, 0) is 37.5 Å². The van der Waals surface area contributed by atoms with E-state index >= 15 is 0 Å². The van der Waals surface area contributed by atoms with Crippen LogP contribution in [0.15, 0.2) is 24.5 Å². The highest BCUT2D eigenvalue weighted by atomic mass is 16.5. The van der Waals surface area contributed by atoms with E-state index in [9.17, 15) is 5.11 Å². The van der Waals surface area contributed by atoms with Gasteiger partial charge >= 0.3 is 0 Å². The van der Waals surface area contributed by atoms with Crippen LogP contribution in [0.5, 0.6) is 0 Å². The number of nitrogens with zero attached hydrogens (tertiary/aromatic N) is 1. The van der Waals surface area contributed by atoms with E-state index in [0.29, 0.717) is 19.3 Å². The predicted octanol–water partition coefficient (Wildman–Crippen LogP) is 2.44. The van der Waals surface area contributed by atoms with E-state index in [4.69, 9.17) is 4.74 Å². The molecular weight excluding hydrogens is 252 g/mol. The molecule has 0 saturated heterocycles. The molecule has 1 aromatic heterocycles. The molecule has 0 radical (unpaired) electrons. The highest BCUT2D eigenvalue weighted by Gasteiger charge is 2.16. The van der Waals surface area contributed by atoms with Crippen molar-refractivity contribution < 1.29 is 9.84 Å². The Kier molecular flexibility index (Phi) is 6.43. The lowest BCUT2D eigenvalue weighted by atomic mass is 9.98. The molecule has 1 heterocycles. The number of hydrogen-bond acceptors (Lipinski definition) is 4. The monoisotopic (exact) mass is 278 g/mol. The molecule has 1 aliphatic rings. The molecule has 2 rings (SSSR count). The van der Waals surface area contributed by atoms with Crippen molar-refractivity contribution in [2.45, 2.75) is 57.3 Å². The maximum atomic E-state index is 9.98. The Hall–Kier alpha value is -0.970. The average molecular weight is 278 g/mol. The first-order valence-electron chi connectivity index (χ1n) is 7.68. The second-order valence-corrected chi connectivity index (χ2v) is 5.66. The summed E-state index contributed by atoms with van der Waals surface area (Å²) in [4.78, 5) is 4.01. The minimum absolute atomic E-state index is 0.210. The van der Waals surface area contributed by atoms with Crippen LogP contribution in [0.4, 0.5) is 0 Å². The Labute approximate surface area is 121 Å². The predicted molar refractivity (Wildman–Crippen MR) is 79.5 cm³/mol. The van der Waals surface area contributed by atoms with Crippen LogP contribution in [0.2, 0.25) is 0 Å². The Morgan fingerprint density at radius 3 is 2.70 bits per heavy atom. The maximum absolute atomic E-state index is 9.98. The molecule has 4 nitrogen and oxygen atoms in total. The first kappa shape index (κ1) is 15.4. The minimum Gasteiger partial charge on any atom is -0.389 e. The number of aromatic nitrogens is 1.